The van der Waals surface area contributed by atoms with E-state index in [0.717, 1.165) is 0 Å². The van der Waals surface area contributed by atoms with Crippen LogP contribution in [-0.2, 0) is 6.42 Å². The maximum Gasteiger partial charge on any atom is 0.325 e. The topological polar surface area (TPSA) is 85.9 Å². The van der Waals surface area contributed by atoms with Crippen molar-refractivity contribution in [1.82, 2.24) is 9.97 Å². The second kappa shape index (κ2) is 3.16. The van der Waals surface area contributed by atoms with Gasteiger partial charge in [0.1, 0.15) is 0 Å². The van der Waals surface area contributed by atoms with Crippen LogP contribution in [0, 0.1) is 0 Å². The van der Waals surface area contributed by atoms with Crippen molar-refractivity contribution in [2.45, 2.75) is 6.42 Å². The van der Waals surface area contributed by atoms with E-state index in [0.29, 0.717) is 5.56 Å². The van der Waals surface area contributed by atoms with Gasteiger partial charge in [-0.1, -0.05) is 0 Å². The van der Waals surface area contributed by atoms with Crippen molar-refractivity contribution in [3.63, 3.8) is 0 Å². The highest BCUT2D eigenvalue weighted by Gasteiger charge is 1.97. The predicted molar refractivity (Wildman–Crippen MR) is 38.5 cm³/mol. The Morgan fingerprint density at radius 3 is 2.73 bits per heavy atom. The second-order valence-electron chi connectivity index (χ2n) is 2.07. The molecule has 0 aliphatic heterocycles. The van der Waals surface area contributed by atoms with Gasteiger partial charge in [-0.15, -0.1) is 0 Å². The molecule has 0 unspecified atom stereocenters. The van der Waals surface area contributed by atoms with Crippen LogP contribution in [0.3, 0.4) is 0 Å². The number of hydrogen-bond donors (Lipinski definition) is 3. The minimum absolute atomic E-state index is 0.102. The first-order chi connectivity index (χ1) is 5.24. The highest BCUT2D eigenvalue weighted by molar-refractivity contribution is 5.02. The van der Waals surface area contributed by atoms with Gasteiger partial charge in [-0.05, 0) is 0 Å². The van der Waals surface area contributed by atoms with Crippen LogP contribution in [0.15, 0.2) is 15.8 Å². The van der Waals surface area contributed by atoms with Gasteiger partial charge in [-0.2, -0.15) is 0 Å². The summed E-state index contributed by atoms with van der Waals surface area (Å²) in [6.07, 6.45) is 1.56. The van der Waals surface area contributed by atoms with Gasteiger partial charge in [0, 0.05) is 24.8 Å². The summed E-state index contributed by atoms with van der Waals surface area (Å²) in [6, 6.07) is 0. The Labute approximate surface area is 61.7 Å². The molecular formula is C6H8N2O3. The zero-order valence-corrected chi connectivity index (χ0v) is 5.76. The van der Waals surface area contributed by atoms with Crippen LogP contribution in [0.5, 0.6) is 0 Å². The summed E-state index contributed by atoms with van der Waals surface area (Å²) in [5.74, 6) is 0. The molecule has 1 aromatic rings. The summed E-state index contributed by atoms with van der Waals surface area (Å²) in [7, 11) is 0. The normalized spacial score (nSPS) is 9.91. The van der Waals surface area contributed by atoms with Crippen molar-refractivity contribution in [3.05, 3.63) is 32.6 Å². The van der Waals surface area contributed by atoms with Gasteiger partial charge in [0.05, 0.1) is 0 Å². The van der Waals surface area contributed by atoms with E-state index >= 15 is 0 Å². The van der Waals surface area contributed by atoms with E-state index in [9.17, 15) is 9.59 Å². The molecule has 0 aromatic carbocycles. The fourth-order valence-corrected chi connectivity index (χ4v) is 0.744. The fraction of sp³-hybridized carbons (Fsp3) is 0.333. The molecule has 0 radical (unpaired) electrons. The SMILES string of the molecule is O=c1[nH]cc(CCO)c(=O)[nH]1. The van der Waals surface area contributed by atoms with Crippen LogP contribution in [0.1, 0.15) is 5.56 Å². The Balaban J connectivity index is 3.10. The van der Waals surface area contributed by atoms with Crippen LogP contribution >= 0.6 is 0 Å². The quantitative estimate of drug-likeness (QED) is 0.492. The number of rotatable bonds is 2. The smallest absolute Gasteiger partial charge is 0.325 e. The van der Waals surface area contributed by atoms with E-state index in [4.69, 9.17) is 5.11 Å². The lowest BCUT2D eigenvalue weighted by atomic mass is 10.2. The van der Waals surface area contributed by atoms with Crippen molar-refractivity contribution < 1.29 is 5.11 Å². The van der Waals surface area contributed by atoms with E-state index in [-0.39, 0.29) is 13.0 Å². The molecule has 11 heavy (non-hydrogen) atoms. The summed E-state index contributed by atoms with van der Waals surface area (Å²) in [5.41, 5.74) is -0.591. The molecule has 0 amide bonds. The van der Waals surface area contributed by atoms with Crippen molar-refractivity contribution in [2.24, 2.45) is 0 Å². The van der Waals surface area contributed by atoms with Crippen molar-refractivity contribution in [3.8, 4) is 0 Å². The molecular weight excluding hydrogens is 148 g/mol. The molecule has 3 N–H and O–H groups in total. The first-order valence-corrected chi connectivity index (χ1v) is 3.16. The zero-order chi connectivity index (χ0) is 8.27. The summed E-state index contributed by atoms with van der Waals surface area (Å²) < 4.78 is 0. The Hall–Kier alpha value is -1.36. The Morgan fingerprint density at radius 2 is 2.18 bits per heavy atom. The maximum atomic E-state index is 10.8. The zero-order valence-electron chi connectivity index (χ0n) is 5.76. The molecule has 1 heterocycles. The number of aromatic amines is 2. The third-order valence-electron chi connectivity index (χ3n) is 1.28. The number of aliphatic hydroxyl groups is 1. The first-order valence-electron chi connectivity index (χ1n) is 3.16. The number of H-pyrrole nitrogens is 2. The van der Waals surface area contributed by atoms with Gasteiger partial charge in [0.2, 0.25) is 0 Å². The molecule has 1 rings (SSSR count). The summed E-state index contributed by atoms with van der Waals surface area (Å²) >= 11 is 0. The number of nitrogens with one attached hydrogen (secondary N) is 2. The fourth-order valence-electron chi connectivity index (χ4n) is 0.744. The van der Waals surface area contributed by atoms with Gasteiger partial charge in [-0.25, -0.2) is 4.79 Å². The van der Waals surface area contributed by atoms with E-state index in [2.05, 4.69) is 4.98 Å². The molecule has 0 aliphatic carbocycles. The molecule has 0 spiro atoms. The number of aliphatic hydroxyl groups excluding tert-OH is 1. The van der Waals surface area contributed by atoms with Crippen LogP contribution in [-0.4, -0.2) is 21.7 Å². The average molecular weight is 156 g/mol. The molecule has 0 fully saturated rings. The third-order valence-corrected chi connectivity index (χ3v) is 1.28. The van der Waals surface area contributed by atoms with E-state index in [1.165, 1.54) is 6.20 Å². The molecule has 5 heteroatoms. The molecule has 60 valence electrons. The monoisotopic (exact) mass is 156 g/mol. The molecule has 0 saturated heterocycles. The molecule has 5 nitrogen and oxygen atoms in total. The van der Waals surface area contributed by atoms with Gasteiger partial charge in [0.25, 0.3) is 5.56 Å². The van der Waals surface area contributed by atoms with Crippen LogP contribution in [0.25, 0.3) is 0 Å². The molecule has 0 saturated carbocycles. The van der Waals surface area contributed by atoms with Crippen LogP contribution in [0.2, 0.25) is 0 Å². The van der Waals surface area contributed by atoms with Gasteiger partial charge in [-0.3, -0.25) is 9.78 Å². The van der Waals surface area contributed by atoms with E-state index in [1.807, 2.05) is 4.98 Å². The highest BCUT2D eigenvalue weighted by Crippen LogP contribution is 1.83. The maximum absolute atomic E-state index is 10.8. The highest BCUT2D eigenvalue weighted by atomic mass is 16.3. The van der Waals surface area contributed by atoms with Crippen molar-refractivity contribution in [2.75, 3.05) is 6.61 Å². The number of hydrogen-bond acceptors (Lipinski definition) is 3. The molecule has 0 aliphatic rings. The molecule has 1 aromatic heterocycles. The van der Waals surface area contributed by atoms with Crippen LogP contribution < -0.4 is 11.2 Å². The van der Waals surface area contributed by atoms with Gasteiger partial charge < -0.3 is 10.1 Å². The minimum Gasteiger partial charge on any atom is -0.396 e. The Bertz CT molecular complexity index is 338. The van der Waals surface area contributed by atoms with Gasteiger partial charge >= 0.3 is 5.69 Å². The molecule has 0 atom stereocenters. The lowest BCUT2D eigenvalue weighted by Gasteiger charge is -1.92. The first kappa shape index (κ1) is 7.74. The summed E-state index contributed by atoms with van der Waals surface area (Å²) in [6.45, 7) is -0.102. The predicted octanol–water partition coefficient (Wildman–Crippen LogP) is -1.40. The number of aromatic nitrogens is 2. The standard InChI is InChI=1S/C6H8N2O3/c9-2-1-4-3-7-6(11)8-5(4)10/h3,9H,1-2H2,(H2,7,8,10,11). The lowest BCUT2D eigenvalue weighted by Crippen LogP contribution is -2.24. The Morgan fingerprint density at radius 1 is 1.45 bits per heavy atom. The van der Waals surface area contributed by atoms with E-state index < -0.39 is 11.2 Å². The third kappa shape index (κ3) is 1.78. The average Bonchev–Trinajstić information content (AvgIpc) is 1.95. The Kier molecular flexibility index (Phi) is 2.22. The largest absolute Gasteiger partial charge is 0.396 e. The van der Waals surface area contributed by atoms with Gasteiger partial charge in [0.15, 0.2) is 0 Å². The second-order valence-corrected chi connectivity index (χ2v) is 2.07. The van der Waals surface area contributed by atoms with Crippen LogP contribution in [0.4, 0.5) is 0 Å². The lowest BCUT2D eigenvalue weighted by molar-refractivity contribution is 0.299. The van der Waals surface area contributed by atoms with E-state index in [1.54, 1.807) is 0 Å². The minimum atomic E-state index is -0.531. The summed E-state index contributed by atoms with van der Waals surface area (Å²) in [5, 5.41) is 8.47. The van der Waals surface area contributed by atoms with Crippen molar-refractivity contribution in [1.29, 1.82) is 0 Å². The summed E-state index contributed by atoms with van der Waals surface area (Å²) in [4.78, 5) is 25.7. The van der Waals surface area contributed by atoms with Crippen molar-refractivity contribution >= 4 is 0 Å². The molecule has 0 bridgehead atoms.